The van der Waals surface area contributed by atoms with Crippen LogP contribution in [-0.2, 0) is 6.42 Å². The van der Waals surface area contributed by atoms with Gasteiger partial charge in [-0.15, -0.1) is 0 Å². The van der Waals surface area contributed by atoms with Crippen molar-refractivity contribution < 1.29 is 4.74 Å². The topological polar surface area (TPSA) is 9.23 Å². The summed E-state index contributed by atoms with van der Waals surface area (Å²) in [6.45, 7) is 18.6. The Morgan fingerprint density at radius 1 is 0.679 bits per heavy atom. The van der Waals surface area contributed by atoms with Crippen LogP contribution in [0.1, 0.15) is 90.3 Å². The Bertz CT molecular complexity index is 608. The van der Waals surface area contributed by atoms with Gasteiger partial charge in [-0.05, 0) is 65.3 Å². The lowest BCUT2D eigenvalue weighted by molar-refractivity contribution is 0.271. The average Bonchev–Trinajstić information content (AvgIpc) is 2.65. The number of ether oxygens (including phenoxy) is 1. The Labute approximate surface area is 174 Å². The number of hydrogen-bond acceptors (Lipinski definition) is 1. The molecule has 2 aromatic rings. The third-order valence-corrected chi connectivity index (χ3v) is 4.74. The van der Waals surface area contributed by atoms with Gasteiger partial charge in [-0.2, -0.15) is 0 Å². The van der Waals surface area contributed by atoms with Crippen molar-refractivity contribution in [2.45, 2.75) is 80.1 Å². The van der Waals surface area contributed by atoms with E-state index in [-0.39, 0.29) is 0 Å². The maximum atomic E-state index is 5.66. The van der Waals surface area contributed by atoms with Crippen molar-refractivity contribution in [3.05, 3.63) is 65.2 Å². The van der Waals surface area contributed by atoms with Crippen LogP contribution in [0.5, 0.6) is 5.75 Å². The van der Waals surface area contributed by atoms with E-state index in [4.69, 9.17) is 4.74 Å². The van der Waals surface area contributed by atoms with Gasteiger partial charge in [0.2, 0.25) is 0 Å². The minimum absolute atomic E-state index is 0.567. The largest absolute Gasteiger partial charge is 0.493 e. The Kier molecular flexibility index (Phi) is 11.0. The summed E-state index contributed by atoms with van der Waals surface area (Å²) in [7, 11) is 0. The maximum absolute atomic E-state index is 5.66. The molecule has 0 atom stereocenters. The SMILES string of the molecule is CC(C)CCc1cccc(C(C)C)c1.CC(C)COc1cccc(C(C)C)c1. The molecule has 156 valence electrons. The molecule has 1 heteroatoms. The van der Waals surface area contributed by atoms with Crippen molar-refractivity contribution in [1.29, 1.82) is 0 Å². The van der Waals surface area contributed by atoms with Crippen LogP contribution in [-0.4, -0.2) is 6.61 Å². The Hall–Kier alpha value is -1.76. The predicted octanol–water partition coefficient (Wildman–Crippen LogP) is 8.24. The second-order valence-electron chi connectivity index (χ2n) is 9.26. The molecule has 28 heavy (non-hydrogen) atoms. The Balaban J connectivity index is 0.000000280. The highest BCUT2D eigenvalue weighted by Gasteiger charge is 2.02. The van der Waals surface area contributed by atoms with E-state index in [0.29, 0.717) is 17.8 Å². The molecule has 0 spiro atoms. The molecule has 0 aromatic heterocycles. The first-order valence-corrected chi connectivity index (χ1v) is 11.0. The van der Waals surface area contributed by atoms with Crippen molar-refractivity contribution in [2.75, 3.05) is 6.61 Å². The van der Waals surface area contributed by atoms with E-state index in [1.54, 1.807) is 0 Å². The van der Waals surface area contributed by atoms with Crippen LogP contribution < -0.4 is 4.74 Å². The van der Waals surface area contributed by atoms with E-state index in [0.717, 1.165) is 18.3 Å². The van der Waals surface area contributed by atoms with Gasteiger partial charge in [0.1, 0.15) is 5.75 Å². The maximum Gasteiger partial charge on any atom is 0.119 e. The molecule has 0 bridgehead atoms. The van der Waals surface area contributed by atoms with Crippen LogP contribution in [0.2, 0.25) is 0 Å². The fourth-order valence-electron chi connectivity index (χ4n) is 2.79. The van der Waals surface area contributed by atoms with E-state index in [1.807, 2.05) is 6.07 Å². The van der Waals surface area contributed by atoms with Gasteiger partial charge in [-0.25, -0.2) is 0 Å². The van der Waals surface area contributed by atoms with Gasteiger partial charge in [-0.1, -0.05) is 91.8 Å². The lowest BCUT2D eigenvalue weighted by Gasteiger charge is -2.11. The molecule has 0 aliphatic heterocycles. The van der Waals surface area contributed by atoms with Crippen molar-refractivity contribution in [1.82, 2.24) is 0 Å². The zero-order valence-corrected chi connectivity index (χ0v) is 19.5. The normalized spacial score (nSPS) is 11.1. The third kappa shape index (κ3) is 9.97. The third-order valence-electron chi connectivity index (χ3n) is 4.74. The van der Waals surface area contributed by atoms with E-state index in [1.165, 1.54) is 29.5 Å². The molecule has 1 nitrogen and oxygen atoms in total. The summed E-state index contributed by atoms with van der Waals surface area (Å²) >= 11 is 0. The smallest absolute Gasteiger partial charge is 0.119 e. The van der Waals surface area contributed by atoms with Crippen LogP contribution in [0.4, 0.5) is 0 Å². The first kappa shape index (κ1) is 24.3. The Morgan fingerprint density at radius 3 is 1.79 bits per heavy atom. The highest BCUT2D eigenvalue weighted by atomic mass is 16.5. The molecule has 0 N–H and O–H groups in total. The second kappa shape index (κ2) is 12.6. The second-order valence-corrected chi connectivity index (χ2v) is 9.26. The summed E-state index contributed by atoms with van der Waals surface area (Å²) < 4.78 is 5.66. The fraction of sp³-hybridized carbons (Fsp3) is 0.556. The monoisotopic (exact) mass is 382 g/mol. The molecule has 2 aromatic carbocycles. The van der Waals surface area contributed by atoms with Crippen LogP contribution in [0, 0.1) is 11.8 Å². The lowest BCUT2D eigenvalue weighted by atomic mass is 9.97. The predicted molar refractivity (Wildman–Crippen MR) is 125 cm³/mol. The molecule has 0 heterocycles. The molecule has 0 fully saturated rings. The summed E-state index contributed by atoms with van der Waals surface area (Å²) in [5, 5.41) is 0. The average molecular weight is 383 g/mol. The standard InChI is InChI=1S/C14H22.C13H20O/c1-11(2)8-9-13-6-5-7-14(10-13)12(3)4;1-10(2)9-14-13-7-5-6-12(8-13)11(3)4/h5-7,10-12H,8-9H2,1-4H3;5-8,10-11H,9H2,1-4H3. The lowest BCUT2D eigenvalue weighted by Crippen LogP contribution is -2.04. The van der Waals surface area contributed by atoms with Gasteiger partial charge >= 0.3 is 0 Å². The molecule has 0 radical (unpaired) electrons. The summed E-state index contributed by atoms with van der Waals surface area (Å²) in [4.78, 5) is 0. The minimum atomic E-state index is 0.567. The van der Waals surface area contributed by atoms with Gasteiger partial charge in [0, 0.05) is 0 Å². The van der Waals surface area contributed by atoms with Crippen LogP contribution >= 0.6 is 0 Å². The first-order valence-electron chi connectivity index (χ1n) is 11.0. The zero-order valence-electron chi connectivity index (χ0n) is 19.5. The van der Waals surface area contributed by atoms with Crippen LogP contribution in [0.15, 0.2) is 48.5 Å². The summed E-state index contributed by atoms with van der Waals surface area (Å²) in [6.07, 6.45) is 2.51. The number of benzene rings is 2. The quantitative estimate of drug-likeness (QED) is 0.446. The molecule has 0 saturated carbocycles. The number of rotatable bonds is 8. The fourth-order valence-corrected chi connectivity index (χ4v) is 2.79. The number of hydrogen-bond donors (Lipinski definition) is 0. The van der Waals surface area contributed by atoms with Crippen LogP contribution in [0.25, 0.3) is 0 Å². The summed E-state index contributed by atoms with van der Waals surface area (Å²) in [6, 6.07) is 17.4. The molecule has 0 saturated heterocycles. The zero-order chi connectivity index (χ0) is 21.1. The molecular formula is C27H42O. The van der Waals surface area contributed by atoms with Crippen molar-refractivity contribution in [2.24, 2.45) is 11.8 Å². The highest BCUT2D eigenvalue weighted by molar-refractivity contribution is 5.30. The van der Waals surface area contributed by atoms with Gasteiger partial charge in [0.25, 0.3) is 0 Å². The van der Waals surface area contributed by atoms with Gasteiger partial charge < -0.3 is 4.74 Å². The number of aryl methyl sites for hydroxylation is 1. The highest BCUT2D eigenvalue weighted by Crippen LogP contribution is 2.20. The first-order chi connectivity index (χ1) is 13.2. The summed E-state index contributed by atoms with van der Waals surface area (Å²) in [5.74, 6) is 3.59. The van der Waals surface area contributed by atoms with E-state index in [9.17, 15) is 0 Å². The molecule has 0 aliphatic carbocycles. The van der Waals surface area contributed by atoms with Crippen molar-refractivity contribution in [3.63, 3.8) is 0 Å². The van der Waals surface area contributed by atoms with Gasteiger partial charge in [0.15, 0.2) is 0 Å². The van der Waals surface area contributed by atoms with E-state index < -0.39 is 0 Å². The molecule has 0 aliphatic rings. The molecule has 0 amide bonds. The van der Waals surface area contributed by atoms with Crippen molar-refractivity contribution >= 4 is 0 Å². The molecule has 0 unspecified atom stereocenters. The van der Waals surface area contributed by atoms with Crippen LogP contribution in [0.3, 0.4) is 0 Å². The van der Waals surface area contributed by atoms with Gasteiger partial charge in [-0.3, -0.25) is 0 Å². The van der Waals surface area contributed by atoms with Gasteiger partial charge in [0.05, 0.1) is 6.61 Å². The van der Waals surface area contributed by atoms with E-state index in [2.05, 4.69) is 97.9 Å². The minimum Gasteiger partial charge on any atom is -0.493 e. The molecule has 2 rings (SSSR count). The molecular weight excluding hydrogens is 340 g/mol. The van der Waals surface area contributed by atoms with E-state index >= 15 is 0 Å². The summed E-state index contributed by atoms with van der Waals surface area (Å²) in [5.41, 5.74) is 4.29. The van der Waals surface area contributed by atoms with Crippen molar-refractivity contribution in [3.8, 4) is 5.75 Å². The Morgan fingerprint density at radius 2 is 1.25 bits per heavy atom.